The molecule has 3 nitrogen and oxygen atoms in total. The molecule has 4 heteroatoms. The van der Waals surface area contributed by atoms with E-state index in [1.54, 1.807) is 24.3 Å². The highest BCUT2D eigenvalue weighted by molar-refractivity contribution is 7.86. The number of benzene rings is 2. The van der Waals surface area contributed by atoms with Crippen molar-refractivity contribution >= 4 is 10.1 Å². The number of rotatable bonds is 5. The normalized spacial score (nSPS) is 11.4. The Kier molecular flexibility index (Phi) is 4.35. The van der Waals surface area contributed by atoms with Gasteiger partial charge >= 0.3 is 0 Å². The third-order valence-electron chi connectivity index (χ3n) is 2.69. The average Bonchev–Trinajstić information content (AvgIpc) is 2.46. The fourth-order valence-electron chi connectivity index (χ4n) is 1.71. The molecule has 0 aliphatic heterocycles. The van der Waals surface area contributed by atoms with Gasteiger partial charge in [0.05, 0.1) is 11.5 Å². The second kappa shape index (κ2) is 5.99. The predicted molar refractivity (Wildman–Crippen MR) is 75.3 cm³/mol. The van der Waals surface area contributed by atoms with Gasteiger partial charge in [-0.25, -0.2) is 0 Å². The molecule has 2 rings (SSSR count). The molecule has 0 atom stereocenters. The molecule has 0 aromatic heterocycles. The van der Waals surface area contributed by atoms with Crippen molar-refractivity contribution in [1.29, 1.82) is 0 Å². The zero-order chi connectivity index (χ0) is 13.7. The van der Waals surface area contributed by atoms with Crippen molar-refractivity contribution in [2.24, 2.45) is 0 Å². The van der Waals surface area contributed by atoms with Crippen LogP contribution in [0.1, 0.15) is 13.3 Å². The van der Waals surface area contributed by atoms with E-state index in [4.69, 9.17) is 4.18 Å². The molecule has 0 N–H and O–H groups in total. The summed E-state index contributed by atoms with van der Waals surface area (Å²) in [4.78, 5) is 0.195. The Bertz CT molecular complexity index is 616. The highest BCUT2D eigenvalue weighted by atomic mass is 32.2. The molecular weight excluding hydrogens is 260 g/mol. The topological polar surface area (TPSA) is 43.4 Å². The average molecular weight is 276 g/mol. The van der Waals surface area contributed by atoms with Crippen LogP contribution >= 0.6 is 0 Å². The van der Waals surface area contributed by atoms with Gasteiger partial charge in [-0.3, -0.25) is 4.18 Å². The molecular formula is C15H16O3S. The van der Waals surface area contributed by atoms with Crippen molar-refractivity contribution in [3.8, 4) is 11.1 Å². The first-order chi connectivity index (χ1) is 9.13. The lowest BCUT2D eigenvalue weighted by molar-refractivity contribution is 0.318. The predicted octanol–water partition coefficient (Wildman–Crippen LogP) is 3.47. The van der Waals surface area contributed by atoms with Gasteiger partial charge in [0, 0.05) is 0 Å². The molecule has 0 bridgehead atoms. The quantitative estimate of drug-likeness (QED) is 0.785. The Morgan fingerprint density at radius 2 is 1.47 bits per heavy atom. The van der Waals surface area contributed by atoms with Crippen molar-refractivity contribution in [2.75, 3.05) is 6.61 Å². The Morgan fingerprint density at radius 1 is 0.895 bits per heavy atom. The van der Waals surface area contributed by atoms with Gasteiger partial charge in [-0.1, -0.05) is 49.4 Å². The maximum atomic E-state index is 11.8. The van der Waals surface area contributed by atoms with Gasteiger partial charge in [-0.15, -0.1) is 0 Å². The second-order valence-corrected chi connectivity index (χ2v) is 5.78. The lowest BCUT2D eigenvalue weighted by atomic mass is 10.1. The molecule has 0 aliphatic carbocycles. The standard InChI is InChI=1S/C15H16O3S/c1-2-12-18-19(16,17)15-10-8-14(9-11-15)13-6-4-3-5-7-13/h3-11H,2,12H2,1H3. The molecule has 100 valence electrons. The molecule has 0 saturated carbocycles. The van der Waals surface area contributed by atoms with Crippen molar-refractivity contribution in [2.45, 2.75) is 18.2 Å². The van der Waals surface area contributed by atoms with Crippen LogP contribution in [0.4, 0.5) is 0 Å². The summed E-state index contributed by atoms with van der Waals surface area (Å²) in [6, 6.07) is 16.5. The summed E-state index contributed by atoms with van der Waals surface area (Å²) in [5.41, 5.74) is 2.04. The van der Waals surface area contributed by atoms with Crippen molar-refractivity contribution in [1.82, 2.24) is 0 Å². The first-order valence-corrected chi connectivity index (χ1v) is 7.59. The fraction of sp³-hybridized carbons (Fsp3) is 0.200. The lowest BCUT2D eigenvalue weighted by Crippen LogP contribution is -2.06. The monoisotopic (exact) mass is 276 g/mol. The van der Waals surface area contributed by atoms with E-state index in [1.807, 2.05) is 37.3 Å². The van der Waals surface area contributed by atoms with Crippen molar-refractivity contribution < 1.29 is 12.6 Å². The molecule has 0 aliphatic rings. The summed E-state index contributed by atoms with van der Waals surface area (Å²) >= 11 is 0. The van der Waals surface area contributed by atoms with Gasteiger partial charge in [0.25, 0.3) is 10.1 Å². The van der Waals surface area contributed by atoms with Gasteiger partial charge in [0.1, 0.15) is 0 Å². The Labute approximate surface area is 114 Å². The van der Waals surface area contributed by atoms with Crippen LogP contribution in [-0.4, -0.2) is 15.0 Å². The van der Waals surface area contributed by atoms with Crippen LogP contribution in [0.25, 0.3) is 11.1 Å². The molecule has 0 amide bonds. The van der Waals surface area contributed by atoms with Crippen molar-refractivity contribution in [3.05, 3.63) is 54.6 Å². The molecule has 0 heterocycles. The van der Waals surface area contributed by atoms with Crippen molar-refractivity contribution in [3.63, 3.8) is 0 Å². The minimum atomic E-state index is -3.62. The smallest absolute Gasteiger partial charge is 0.266 e. The summed E-state index contributed by atoms with van der Waals surface area (Å²) in [6.07, 6.45) is 0.668. The van der Waals surface area contributed by atoms with E-state index in [0.29, 0.717) is 6.42 Å². The van der Waals surface area contributed by atoms with E-state index in [9.17, 15) is 8.42 Å². The van der Waals surface area contributed by atoms with E-state index in [2.05, 4.69) is 0 Å². The first kappa shape index (κ1) is 13.8. The van der Waals surface area contributed by atoms with Gasteiger partial charge in [-0.2, -0.15) is 8.42 Å². The van der Waals surface area contributed by atoms with Gasteiger partial charge in [-0.05, 0) is 29.7 Å². The zero-order valence-electron chi connectivity index (χ0n) is 10.7. The molecule has 0 saturated heterocycles. The Morgan fingerprint density at radius 3 is 2.05 bits per heavy atom. The number of hydrogen-bond donors (Lipinski definition) is 0. The van der Waals surface area contributed by atoms with Crippen LogP contribution in [0, 0.1) is 0 Å². The van der Waals surface area contributed by atoms with Gasteiger partial charge in [0.15, 0.2) is 0 Å². The maximum absolute atomic E-state index is 11.8. The molecule has 0 unspecified atom stereocenters. The molecule has 2 aromatic rings. The van der Waals surface area contributed by atoms with E-state index in [-0.39, 0.29) is 11.5 Å². The molecule has 2 aromatic carbocycles. The zero-order valence-corrected chi connectivity index (χ0v) is 11.6. The van der Waals surface area contributed by atoms with Crippen LogP contribution in [-0.2, 0) is 14.3 Å². The maximum Gasteiger partial charge on any atom is 0.296 e. The molecule has 0 radical (unpaired) electrons. The van der Waals surface area contributed by atoms with Gasteiger partial charge in [0.2, 0.25) is 0 Å². The minimum Gasteiger partial charge on any atom is -0.266 e. The molecule has 0 fully saturated rings. The van der Waals surface area contributed by atoms with E-state index < -0.39 is 10.1 Å². The minimum absolute atomic E-state index is 0.195. The lowest BCUT2D eigenvalue weighted by Gasteiger charge is -2.06. The Balaban J connectivity index is 2.24. The van der Waals surface area contributed by atoms with Crippen LogP contribution in [0.5, 0.6) is 0 Å². The van der Waals surface area contributed by atoms with E-state index in [1.165, 1.54) is 0 Å². The fourth-order valence-corrected chi connectivity index (χ4v) is 2.70. The highest BCUT2D eigenvalue weighted by Crippen LogP contribution is 2.21. The van der Waals surface area contributed by atoms with Crippen LogP contribution in [0.3, 0.4) is 0 Å². The highest BCUT2D eigenvalue weighted by Gasteiger charge is 2.14. The van der Waals surface area contributed by atoms with E-state index in [0.717, 1.165) is 11.1 Å². The third kappa shape index (κ3) is 3.43. The largest absolute Gasteiger partial charge is 0.296 e. The molecule has 0 spiro atoms. The third-order valence-corrected chi connectivity index (χ3v) is 4.02. The van der Waals surface area contributed by atoms with Crippen LogP contribution in [0.15, 0.2) is 59.5 Å². The van der Waals surface area contributed by atoms with Crippen LogP contribution in [0.2, 0.25) is 0 Å². The molecule has 19 heavy (non-hydrogen) atoms. The summed E-state index contributed by atoms with van der Waals surface area (Å²) in [7, 11) is -3.62. The second-order valence-electron chi connectivity index (χ2n) is 4.17. The van der Waals surface area contributed by atoms with Crippen LogP contribution < -0.4 is 0 Å². The van der Waals surface area contributed by atoms with Gasteiger partial charge < -0.3 is 0 Å². The summed E-state index contributed by atoms with van der Waals surface area (Å²) in [5, 5.41) is 0. The Hall–Kier alpha value is -1.65. The summed E-state index contributed by atoms with van der Waals surface area (Å²) in [5.74, 6) is 0. The van der Waals surface area contributed by atoms with E-state index >= 15 is 0 Å². The first-order valence-electron chi connectivity index (χ1n) is 6.18. The summed E-state index contributed by atoms with van der Waals surface area (Å²) < 4.78 is 28.5. The summed E-state index contributed by atoms with van der Waals surface area (Å²) in [6.45, 7) is 2.08. The number of hydrogen-bond acceptors (Lipinski definition) is 3. The SMILES string of the molecule is CCCOS(=O)(=O)c1ccc(-c2ccccc2)cc1.